The molecule has 2 aromatic carbocycles. The first-order chi connectivity index (χ1) is 12.6. The molecule has 0 amide bonds. The third-order valence-electron chi connectivity index (χ3n) is 4.16. The fourth-order valence-corrected chi connectivity index (χ4v) is 6.83. The minimum atomic E-state index is -3.89. The number of sulfonamides is 2. The molecule has 3 rings (SSSR count). The summed E-state index contributed by atoms with van der Waals surface area (Å²) in [4.78, 5) is -0.0973. The van der Waals surface area contributed by atoms with E-state index in [2.05, 4.69) is 0 Å². The van der Waals surface area contributed by atoms with Crippen molar-refractivity contribution in [1.29, 1.82) is 0 Å². The van der Waals surface area contributed by atoms with Gasteiger partial charge in [0.05, 0.1) is 10.0 Å². The van der Waals surface area contributed by atoms with Crippen molar-refractivity contribution in [2.75, 3.05) is 26.2 Å². The summed E-state index contributed by atoms with van der Waals surface area (Å²) < 4.78 is 53.6. The SMILES string of the molecule is O=S(=O)(c1ccccc1Cl)N1CCN(S(=O)(=O)c2cc(Cl)ccc2Cl)CC1. The lowest BCUT2D eigenvalue weighted by molar-refractivity contribution is 0.273. The molecular formula is C16H15Cl3N2O4S2. The molecule has 1 heterocycles. The van der Waals surface area contributed by atoms with Crippen molar-refractivity contribution in [3.05, 3.63) is 57.5 Å². The van der Waals surface area contributed by atoms with Crippen molar-refractivity contribution in [3.8, 4) is 0 Å². The van der Waals surface area contributed by atoms with Crippen LogP contribution in [0.1, 0.15) is 0 Å². The lowest BCUT2D eigenvalue weighted by Crippen LogP contribution is -2.50. The van der Waals surface area contributed by atoms with Crippen LogP contribution in [0.5, 0.6) is 0 Å². The van der Waals surface area contributed by atoms with Crippen LogP contribution in [0.3, 0.4) is 0 Å². The van der Waals surface area contributed by atoms with E-state index in [1.807, 2.05) is 0 Å². The van der Waals surface area contributed by atoms with Crippen LogP contribution in [0.4, 0.5) is 0 Å². The second kappa shape index (κ2) is 7.87. The predicted octanol–water partition coefficient (Wildman–Crippen LogP) is 3.34. The Morgan fingerprint density at radius 1 is 0.667 bits per heavy atom. The summed E-state index contributed by atoms with van der Waals surface area (Å²) in [5.41, 5.74) is 0. The molecule has 11 heteroatoms. The van der Waals surface area contributed by atoms with E-state index in [0.29, 0.717) is 0 Å². The molecule has 1 aliphatic rings. The highest BCUT2D eigenvalue weighted by atomic mass is 35.5. The molecule has 0 unspecified atom stereocenters. The average Bonchev–Trinajstić information content (AvgIpc) is 2.64. The molecule has 0 aliphatic carbocycles. The summed E-state index contributed by atoms with van der Waals surface area (Å²) in [6.45, 7) is -0.000338. The number of rotatable bonds is 4. The van der Waals surface area contributed by atoms with Crippen LogP contribution in [-0.4, -0.2) is 51.6 Å². The average molecular weight is 470 g/mol. The van der Waals surface area contributed by atoms with Gasteiger partial charge < -0.3 is 0 Å². The molecule has 0 atom stereocenters. The smallest absolute Gasteiger partial charge is 0.207 e. The first-order valence-corrected chi connectivity index (χ1v) is 11.9. The molecule has 0 aromatic heterocycles. The Hall–Kier alpha value is -0.870. The van der Waals surface area contributed by atoms with Crippen LogP contribution < -0.4 is 0 Å². The number of benzene rings is 2. The van der Waals surface area contributed by atoms with Crippen LogP contribution in [0.15, 0.2) is 52.3 Å². The van der Waals surface area contributed by atoms with Gasteiger partial charge in [0.1, 0.15) is 9.79 Å². The number of halogens is 3. The Kier molecular flexibility index (Phi) is 6.08. The molecule has 0 spiro atoms. The summed E-state index contributed by atoms with van der Waals surface area (Å²) in [6, 6.07) is 10.3. The van der Waals surface area contributed by atoms with E-state index >= 15 is 0 Å². The standard InChI is InChI=1S/C16H15Cl3N2O4S2/c17-12-5-6-14(19)16(11-12)27(24,25)21-9-7-20(8-10-21)26(22,23)15-4-2-1-3-13(15)18/h1-6,11H,7-10H2. The highest BCUT2D eigenvalue weighted by Gasteiger charge is 2.35. The minimum absolute atomic E-state index is 0.000796. The van der Waals surface area contributed by atoms with E-state index in [1.54, 1.807) is 12.1 Å². The summed E-state index contributed by atoms with van der Waals surface area (Å²) in [5.74, 6) is 0. The van der Waals surface area contributed by atoms with Gasteiger partial charge in [-0.15, -0.1) is 0 Å². The Morgan fingerprint density at radius 3 is 1.70 bits per heavy atom. The van der Waals surface area contributed by atoms with E-state index in [0.717, 1.165) is 0 Å². The molecule has 1 aliphatic heterocycles. The fourth-order valence-electron chi connectivity index (χ4n) is 2.76. The third kappa shape index (κ3) is 4.12. The van der Waals surface area contributed by atoms with Crippen molar-refractivity contribution in [1.82, 2.24) is 8.61 Å². The maximum absolute atomic E-state index is 12.8. The van der Waals surface area contributed by atoms with E-state index in [-0.39, 0.29) is 51.0 Å². The maximum Gasteiger partial charge on any atom is 0.244 e. The van der Waals surface area contributed by atoms with Crippen molar-refractivity contribution in [2.24, 2.45) is 0 Å². The lowest BCUT2D eigenvalue weighted by Gasteiger charge is -2.33. The summed E-state index contributed by atoms with van der Waals surface area (Å²) in [5, 5.41) is 0.432. The molecule has 27 heavy (non-hydrogen) atoms. The zero-order valence-electron chi connectivity index (χ0n) is 13.8. The largest absolute Gasteiger partial charge is 0.244 e. The third-order valence-corrected chi connectivity index (χ3v) is 9.18. The zero-order chi connectivity index (χ0) is 19.8. The van der Waals surface area contributed by atoms with E-state index in [1.165, 1.54) is 38.9 Å². The van der Waals surface area contributed by atoms with Gasteiger partial charge in [-0.05, 0) is 30.3 Å². The molecule has 146 valence electrons. The molecule has 1 fully saturated rings. The van der Waals surface area contributed by atoms with Crippen LogP contribution in [0.2, 0.25) is 15.1 Å². The van der Waals surface area contributed by atoms with Gasteiger partial charge in [-0.3, -0.25) is 0 Å². The molecule has 0 saturated carbocycles. The zero-order valence-corrected chi connectivity index (χ0v) is 17.7. The summed E-state index contributed by atoms with van der Waals surface area (Å²) in [6.07, 6.45) is 0. The quantitative estimate of drug-likeness (QED) is 0.688. The van der Waals surface area contributed by atoms with Crippen LogP contribution in [0, 0.1) is 0 Å². The van der Waals surface area contributed by atoms with Gasteiger partial charge in [-0.1, -0.05) is 46.9 Å². The van der Waals surface area contributed by atoms with Crippen LogP contribution >= 0.6 is 34.8 Å². The number of piperazine rings is 1. The van der Waals surface area contributed by atoms with Gasteiger partial charge in [0, 0.05) is 31.2 Å². The van der Waals surface area contributed by atoms with Gasteiger partial charge >= 0.3 is 0 Å². The van der Waals surface area contributed by atoms with Crippen LogP contribution in [-0.2, 0) is 20.0 Å². The van der Waals surface area contributed by atoms with Gasteiger partial charge in [-0.25, -0.2) is 16.8 Å². The van der Waals surface area contributed by atoms with Crippen molar-refractivity contribution >= 4 is 54.8 Å². The van der Waals surface area contributed by atoms with E-state index in [4.69, 9.17) is 34.8 Å². The lowest BCUT2D eigenvalue weighted by atomic mass is 10.4. The predicted molar refractivity (Wildman–Crippen MR) is 105 cm³/mol. The second-order valence-corrected chi connectivity index (χ2v) is 10.9. The molecule has 0 radical (unpaired) electrons. The molecule has 0 N–H and O–H groups in total. The number of hydrogen-bond acceptors (Lipinski definition) is 4. The molecule has 0 bridgehead atoms. The monoisotopic (exact) mass is 468 g/mol. The molecule has 1 saturated heterocycles. The Bertz CT molecular complexity index is 1070. The van der Waals surface area contributed by atoms with E-state index < -0.39 is 20.0 Å². The van der Waals surface area contributed by atoms with Gasteiger partial charge in [0.25, 0.3) is 0 Å². The molecular weight excluding hydrogens is 455 g/mol. The van der Waals surface area contributed by atoms with Crippen molar-refractivity contribution in [2.45, 2.75) is 9.79 Å². The minimum Gasteiger partial charge on any atom is -0.207 e. The van der Waals surface area contributed by atoms with Gasteiger partial charge in [-0.2, -0.15) is 8.61 Å². The first-order valence-electron chi connectivity index (χ1n) is 7.84. The highest BCUT2D eigenvalue weighted by molar-refractivity contribution is 7.89. The fraction of sp³-hybridized carbons (Fsp3) is 0.250. The van der Waals surface area contributed by atoms with Gasteiger partial charge in [0.2, 0.25) is 20.0 Å². The van der Waals surface area contributed by atoms with Crippen LogP contribution in [0.25, 0.3) is 0 Å². The highest BCUT2D eigenvalue weighted by Crippen LogP contribution is 2.30. The summed E-state index contributed by atoms with van der Waals surface area (Å²) in [7, 11) is -7.70. The normalized spacial score (nSPS) is 17.1. The Balaban J connectivity index is 1.81. The van der Waals surface area contributed by atoms with Gasteiger partial charge in [0.15, 0.2) is 0 Å². The number of nitrogens with zero attached hydrogens (tertiary/aromatic N) is 2. The number of hydrogen-bond donors (Lipinski definition) is 0. The maximum atomic E-state index is 12.8. The Labute approximate surface area is 173 Å². The van der Waals surface area contributed by atoms with E-state index in [9.17, 15) is 16.8 Å². The summed E-state index contributed by atoms with van der Waals surface area (Å²) >= 11 is 17.9. The Morgan fingerprint density at radius 2 is 1.15 bits per heavy atom. The molecule has 2 aromatic rings. The first kappa shape index (κ1) is 20.9. The molecule has 6 nitrogen and oxygen atoms in total. The van der Waals surface area contributed by atoms with Crippen molar-refractivity contribution < 1.29 is 16.8 Å². The topological polar surface area (TPSA) is 74.8 Å². The van der Waals surface area contributed by atoms with Crippen molar-refractivity contribution in [3.63, 3.8) is 0 Å². The second-order valence-electron chi connectivity index (χ2n) is 5.81.